The number of nitriles is 1. The Kier molecular flexibility index (Phi) is 7.43. The van der Waals surface area contributed by atoms with Crippen molar-refractivity contribution >= 4 is 52.2 Å². The number of halogens is 4. The minimum atomic E-state index is -4.78. The Morgan fingerprint density at radius 3 is 2.47 bits per heavy atom. The van der Waals surface area contributed by atoms with Gasteiger partial charge in [-0.25, -0.2) is 4.98 Å². The summed E-state index contributed by atoms with van der Waals surface area (Å²) in [7, 11) is 1.32. The number of nitrogens with zero attached hydrogens (tertiary/aromatic N) is 5. The molecular formula is C24H21ClF3N5O2S. The number of aromatic nitrogens is 2. The molecule has 1 amide bonds. The van der Waals surface area contributed by atoms with E-state index < -0.39 is 28.7 Å². The fourth-order valence-electron chi connectivity index (χ4n) is 3.73. The average molecular weight is 536 g/mol. The van der Waals surface area contributed by atoms with Crippen molar-refractivity contribution in [1.29, 1.82) is 5.26 Å². The van der Waals surface area contributed by atoms with Crippen molar-refractivity contribution in [2.24, 2.45) is 0 Å². The number of rotatable bonds is 6. The Balaban J connectivity index is 2.06. The van der Waals surface area contributed by atoms with Crippen LogP contribution in [-0.2, 0) is 17.4 Å². The second-order valence-electron chi connectivity index (χ2n) is 8.42. The van der Waals surface area contributed by atoms with Crippen LogP contribution in [0.15, 0.2) is 41.3 Å². The number of aryl methyl sites for hydroxylation is 1. The highest BCUT2D eigenvalue weighted by atomic mass is 35.5. The fourth-order valence-corrected chi connectivity index (χ4v) is 4.36. The molecule has 7 nitrogen and oxygen atoms in total. The second-order valence-corrected chi connectivity index (χ2v) is 9.04. The summed E-state index contributed by atoms with van der Waals surface area (Å²) in [5.74, 6) is -0.607. The molecule has 0 radical (unpaired) electrons. The molecule has 0 aliphatic carbocycles. The van der Waals surface area contributed by atoms with E-state index in [2.05, 4.69) is 4.98 Å². The van der Waals surface area contributed by atoms with Gasteiger partial charge in [-0.3, -0.25) is 14.0 Å². The molecule has 0 aliphatic rings. The molecule has 0 N–H and O–H groups in total. The van der Waals surface area contributed by atoms with Crippen molar-refractivity contribution in [2.75, 3.05) is 16.8 Å². The van der Waals surface area contributed by atoms with E-state index in [-0.39, 0.29) is 21.9 Å². The number of likely N-dealkylation sites (N-methyl/N-ethyl adjacent to an activating group) is 1. The lowest BCUT2D eigenvalue weighted by Gasteiger charge is -2.38. The molecule has 0 spiro atoms. The van der Waals surface area contributed by atoms with Crippen molar-refractivity contribution in [2.45, 2.75) is 38.9 Å². The van der Waals surface area contributed by atoms with E-state index in [4.69, 9.17) is 29.1 Å². The Hall–Kier alpha value is -3.49. The maximum absolute atomic E-state index is 13.5. The third kappa shape index (κ3) is 4.92. The Morgan fingerprint density at radius 1 is 1.25 bits per heavy atom. The molecule has 0 saturated heterocycles. The highest BCUT2D eigenvalue weighted by molar-refractivity contribution is 7.79. The van der Waals surface area contributed by atoms with Gasteiger partial charge in [-0.2, -0.15) is 18.4 Å². The predicted octanol–water partition coefficient (Wildman–Crippen LogP) is 5.01. The van der Waals surface area contributed by atoms with E-state index in [0.29, 0.717) is 17.8 Å². The number of fused-ring (bicyclic) bond motifs is 1. The average Bonchev–Trinajstić information content (AvgIpc) is 2.82. The molecule has 0 atom stereocenters. The van der Waals surface area contributed by atoms with Gasteiger partial charge in [-0.05, 0) is 44.5 Å². The lowest BCUT2D eigenvalue weighted by Crippen LogP contribution is -2.55. The first-order valence-corrected chi connectivity index (χ1v) is 11.5. The minimum Gasteiger partial charge on any atom is -0.322 e. The minimum absolute atomic E-state index is 0.0622. The number of carbonyl (C=O) groups is 1. The van der Waals surface area contributed by atoms with Crippen molar-refractivity contribution in [1.82, 2.24) is 9.38 Å². The van der Waals surface area contributed by atoms with Crippen molar-refractivity contribution in [3.05, 3.63) is 68.7 Å². The molecule has 0 fully saturated rings. The van der Waals surface area contributed by atoms with E-state index in [1.807, 2.05) is 6.92 Å². The molecule has 0 aliphatic heterocycles. The zero-order valence-electron chi connectivity index (χ0n) is 19.7. The fraction of sp³-hybridized carbons (Fsp3) is 0.292. The number of hydrogen-bond acceptors (Lipinski definition) is 5. The third-order valence-corrected chi connectivity index (χ3v) is 6.24. The summed E-state index contributed by atoms with van der Waals surface area (Å²) in [5.41, 5.74) is -1.24. The number of carbonyl (C=O) groups excluding carboxylic acids is 1. The monoisotopic (exact) mass is 535 g/mol. The summed E-state index contributed by atoms with van der Waals surface area (Å²) in [6, 6.07) is 7.41. The zero-order valence-corrected chi connectivity index (χ0v) is 21.3. The van der Waals surface area contributed by atoms with E-state index in [1.165, 1.54) is 66.2 Å². The molecule has 188 valence electrons. The Bertz CT molecular complexity index is 1460. The largest absolute Gasteiger partial charge is 0.417 e. The molecular weight excluding hydrogens is 515 g/mol. The van der Waals surface area contributed by atoms with Gasteiger partial charge in [0.1, 0.15) is 5.54 Å². The van der Waals surface area contributed by atoms with Gasteiger partial charge in [0.2, 0.25) is 0 Å². The van der Waals surface area contributed by atoms with Crippen LogP contribution in [-0.4, -0.2) is 33.4 Å². The molecule has 1 aromatic carbocycles. The molecule has 3 aromatic rings. The maximum Gasteiger partial charge on any atom is 0.417 e. The molecule has 12 heteroatoms. The van der Waals surface area contributed by atoms with Crippen LogP contribution in [0.2, 0.25) is 5.02 Å². The lowest BCUT2D eigenvalue weighted by molar-refractivity contribution is -0.137. The lowest BCUT2D eigenvalue weighted by atomic mass is 9.99. The van der Waals surface area contributed by atoms with Crippen LogP contribution in [0.3, 0.4) is 0 Å². The van der Waals surface area contributed by atoms with Crippen LogP contribution in [0.1, 0.15) is 37.6 Å². The summed E-state index contributed by atoms with van der Waals surface area (Å²) in [6.07, 6.45) is -2.80. The van der Waals surface area contributed by atoms with Crippen molar-refractivity contribution in [3.63, 3.8) is 0 Å². The smallest absolute Gasteiger partial charge is 0.322 e. The standard InChI is InChI=1S/C24H21ClF3N5O2S/c1-5-15-8-20(34)32-12-17(10-19(25)21(32)30-15)33(13-36)23(2,3)22(35)31(4)16-7-6-14(11-29)18(9-16)24(26,27)28/h6-10,12-13H,5H2,1-4H3. The third-order valence-electron chi connectivity index (χ3n) is 5.75. The molecule has 2 aromatic heterocycles. The van der Waals surface area contributed by atoms with E-state index in [0.717, 1.165) is 17.0 Å². The number of alkyl halides is 3. The highest BCUT2D eigenvalue weighted by Gasteiger charge is 2.39. The maximum atomic E-state index is 13.5. The first kappa shape index (κ1) is 27.1. The summed E-state index contributed by atoms with van der Waals surface area (Å²) in [6.45, 7) is 4.91. The van der Waals surface area contributed by atoms with Crippen LogP contribution < -0.4 is 15.4 Å². The molecule has 2 heterocycles. The molecule has 0 bridgehead atoms. The molecule has 3 rings (SSSR count). The van der Waals surface area contributed by atoms with Crippen LogP contribution in [0.4, 0.5) is 24.5 Å². The van der Waals surface area contributed by atoms with Gasteiger partial charge in [0, 0.05) is 30.7 Å². The van der Waals surface area contributed by atoms with Gasteiger partial charge in [0.05, 0.1) is 33.4 Å². The van der Waals surface area contributed by atoms with Gasteiger partial charge in [0.25, 0.3) is 11.5 Å². The van der Waals surface area contributed by atoms with Crippen LogP contribution in [0.5, 0.6) is 0 Å². The summed E-state index contributed by atoms with van der Waals surface area (Å²) in [5, 5.41) is 9.19. The van der Waals surface area contributed by atoms with Crippen LogP contribution in [0.25, 0.3) is 5.65 Å². The second kappa shape index (κ2) is 9.87. The topological polar surface area (TPSA) is 81.7 Å². The zero-order chi connectivity index (χ0) is 27.0. The number of pyridine rings is 1. The van der Waals surface area contributed by atoms with Gasteiger partial charge in [-0.15, -0.1) is 0 Å². The summed E-state index contributed by atoms with van der Waals surface area (Å²) < 4.78 is 41.5. The van der Waals surface area contributed by atoms with Crippen molar-refractivity contribution < 1.29 is 18.0 Å². The van der Waals surface area contributed by atoms with E-state index >= 15 is 0 Å². The summed E-state index contributed by atoms with van der Waals surface area (Å²) in [4.78, 5) is 33.0. The molecule has 0 unspecified atom stereocenters. The first-order valence-electron chi connectivity index (χ1n) is 10.6. The van der Waals surface area contributed by atoms with Gasteiger partial charge >= 0.3 is 6.18 Å². The number of amides is 1. The number of hydrogen-bond donors (Lipinski definition) is 0. The normalized spacial score (nSPS) is 11.8. The Labute approximate surface area is 215 Å². The SMILES string of the molecule is CCc1cc(=O)n2cc(N(C=S)C(C)(C)C(=O)N(C)c3ccc(C#N)c(C(F)(F)F)c3)cc(Cl)c2n1. The number of benzene rings is 1. The predicted molar refractivity (Wildman–Crippen MR) is 136 cm³/mol. The van der Waals surface area contributed by atoms with E-state index in [9.17, 15) is 22.8 Å². The van der Waals surface area contributed by atoms with Crippen molar-refractivity contribution in [3.8, 4) is 6.07 Å². The summed E-state index contributed by atoms with van der Waals surface area (Å²) >= 11 is 11.6. The highest BCUT2D eigenvalue weighted by Crippen LogP contribution is 2.35. The van der Waals surface area contributed by atoms with Gasteiger partial charge in [-0.1, -0.05) is 30.7 Å². The molecule has 0 saturated carbocycles. The number of anilines is 2. The van der Waals surface area contributed by atoms with Gasteiger partial charge in [0.15, 0.2) is 5.65 Å². The van der Waals surface area contributed by atoms with E-state index in [1.54, 1.807) is 0 Å². The quantitative estimate of drug-likeness (QED) is 0.413. The first-order chi connectivity index (χ1) is 16.8. The molecule has 36 heavy (non-hydrogen) atoms. The van der Waals surface area contributed by atoms with Crippen LogP contribution >= 0.6 is 23.8 Å². The van der Waals surface area contributed by atoms with Gasteiger partial charge < -0.3 is 9.80 Å². The van der Waals surface area contributed by atoms with Crippen LogP contribution in [0, 0.1) is 11.3 Å². The number of thiocarbonyl (C=S) groups is 1. The Morgan fingerprint density at radius 2 is 1.92 bits per heavy atom.